The SMILES string of the molecule is CCN(CC1CC1)c1cnccc1CNC(C)(C)C. The second-order valence-electron chi connectivity index (χ2n) is 6.59. The Balaban J connectivity index is 2.09. The predicted octanol–water partition coefficient (Wildman–Crippen LogP) is 3.21. The zero-order chi connectivity index (χ0) is 13.9. The summed E-state index contributed by atoms with van der Waals surface area (Å²) < 4.78 is 0. The fourth-order valence-electron chi connectivity index (χ4n) is 2.22. The van der Waals surface area contributed by atoms with Crippen LogP contribution in [0.25, 0.3) is 0 Å². The molecule has 0 spiro atoms. The highest BCUT2D eigenvalue weighted by molar-refractivity contribution is 5.51. The van der Waals surface area contributed by atoms with Gasteiger partial charge in [-0.1, -0.05) is 0 Å². The Labute approximate surface area is 117 Å². The lowest BCUT2D eigenvalue weighted by Gasteiger charge is -2.27. The largest absolute Gasteiger partial charge is 0.370 e. The van der Waals surface area contributed by atoms with Crippen molar-refractivity contribution in [2.24, 2.45) is 5.92 Å². The van der Waals surface area contributed by atoms with Crippen molar-refractivity contribution in [2.45, 2.75) is 52.6 Å². The van der Waals surface area contributed by atoms with Crippen LogP contribution in [-0.4, -0.2) is 23.6 Å². The molecule has 0 aliphatic heterocycles. The van der Waals surface area contributed by atoms with Gasteiger partial charge >= 0.3 is 0 Å². The third-order valence-corrected chi connectivity index (χ3v) is 3.59. The number of hydrogen-bond donors (Lipinski definition) is 1. The van der Waals surface area contributed by atoms with Gasteiger partial charge in [-0.3, -0.25) is 4.98 Å². The lowest BCUT2D eigenvalue weighted by molar-refractivity contribution is 0.424. The molecule has 1 saturated carbocycles. The lowest BCUT2D eigenvalue weighted by Crippen LogP contribution is -2.36. The van der Waals surface area contributed by atoms with E-state index in [2.05, 4.69) is 49.0 Å². The van der Waals surface area contributed by atoms with Crippen LogP contribution < -0.4 is 10.2 Å². The highest BCUT2D eigenvalue weighted by Crippen LogP contribution is 2.32. The van der Waals surface area contributed by atoms with E-state index in [9.17, 15) is 0 Å². The molecule has 0 aromatic carbocycles. The van der Waals surface area contributed by atoms with Gasteiger partial charge in [0.1, 0.15) is 0 Å². The number of nitrogens with zero attached hydrogens (tertiary/aromatic N) is 2. The first-order valence-corrected chi connectivity index (χ1v) is 7.42. The number of hydrogen-bond acceptors (Lipinski definition) is 3. The van der Waals surface area contributed by atoms with Crippen LogP contribution in [0.4, 0.5) is 5.69 Å². The van der Waals surface area contributed by atoms with Crippen molar-refractivity contribution in [3.05, 3.63) is 24.0 Å². The molecule has 3 nitrogen and oxygen atoms in total. The normalized spacial score (nSPS) is 15.6. The molecular formula is C16H27N3. The van der Waals surface area contributed by atoms with Crippen molar-refractivity contribution in [1.82, 2.24) is 10.3 Å². The highest BCUT2D eigenvalue weighted by Gasteiger charge is 2.25. The number of pyridine rings is 1. The average Bonchev–Trinajstić information content (AvgIpc) is 3.17. The first kappa shape index (κ1) is 14.3. The summed E-state index contributed by atoms with van der Waals surface area (Å²) in [5, 5.41) is 3.57. The third kappa shape index (κ3) is 4.50. The van der Waals surface area contributed by atoms with E-state index in [0.29, 0.717) is 0 Å². The summed E-state index contributed by atoms with van der Waals surface area (Å²) in [5.41, 5.74) is 2.80. The lowest BCUT2D eigenvalue weighted by atomic mass is 10.1. The van der Waals surface area contributed by atoms with Crippen LogP contribution >= 0.6 is 0 Å². The molecule has 1 aromatic heterocycles. The van der Waals surface area contributed by atoms with Crippen molar-refractivity contribution in [3.63, 3.8) is 0 Å². The predicted molar refractivity (Wildman–Crippen MR) is 81.4 cm³/mol. The summed E-state index contributed by atoms with van der Waals surface area (Å²) in [6, 6.07) is 2.14. The smallest absolute Gasteiger partial charge is 0.0598 e. The molecule has 1 fully saturated rings. The van der Waals surface area contributed by atoms with Gasteiger partial charge in [-0.05, 0) is 58.1 Å². The summed E-state index contributed by atoms with van der Waals surface area (Å²) in [6.07, 6.45) is 6.71. The fourth-order valence-corrected chi connectivity index (χ4v) is 2.22. The molecule has 3 heteroatoms. The van der Waals surface area contributed by atoms with Crippen molar-refractivity contribution >= 4 is 5.69 Å². The van der Waals surface area contributed by atoms with Gasteiger partial charge in [0.15, 0.2) is 0 Å². The van der Waals surface area contributed by atoms with Gasteiger partial charge in [-0.25, -0.2) is 0 Å². The van der Waals surface area contributed by atoms with E-state index < -0.39 is 0 Å². The molecule has 1 aliphatic rings. The Morgan fingerprint density at radius 1 is 1.37 bits per heavy atom. The monoisotopic (exact) mass is 261 g/mol. The first-order valence-electron chi connectivity index (χ1n) is 7.42. The summed E-state index contributed by atoms with van der Waals surface area (Å²) >= 11 is 0. The Kier molecular flexibility index (Phi) is 4.46. The summed E-state index contributed by atoms with van der Waals surface area (Å²) in [4.78, 5) is 6.79. The Bertz CT molecular complexity index is 405. The van der Waals surface area contributed by atoms with Gasteiger partial charge in [0.2, 0.25) is 0 Å². The maximum atomic E-state index is 4.32. The second kappa shape index (κ2) is 5.91. The topological polar surface area (TPSA) is 28.2 Å². The Hall–Kier alpha value is -1.09. The van der Waals surface area contributed by atoms with Crippen molar-refractivity contribution in [2.75, 3.05) is 18.0 Å². The summed E-state index contributed by atoms with van der Waals surface area (Å²) in [6.45, 7) is 12.0. The Morgan fingerprint density at radius 2 is 2.11 bits per heavy atom. The molecule has 0 saturated heterocycles. The van der Waals surface area contributed by atoms with E-state index in [-0.39, 0.29) is 5.54 Å². The molecule has 0 atom stereocenters. The molecule has 0 amide bonds. The van der Waals surface area contributed by atoms with Gasteiger partial charge in [0.05, 0.1) is 11.9 Å². The summed E-state index contributed by atoms with van der Waals surface area (Å²) in [5.74, 6) is 0.906. The van der Waals surface area contributed by atoms with Crippen LogP contribution in [-0.2, 0) is 6.54 Å². The molecule has 19 heavy (non-hydrogen) atoms. The molecular weight excluding hydrogens is 234 g/mol. The van der Waals surface area contributed by atoms with Crippen LogP contribution in [0.5, 0.6) is 0 Å². The molecule has 106 valence electrons. The van der Waals surface area contributed by atoms with Crippen LogP contribution in [0.2, 0.25) is 0 Å². The second-order valence-corrected chi connectivity index (χ2v) is 6.59. The molecule has 1 aliphatic carbocycles. The molecule has 1 aromatic rings. The molecule has 1 heterocycles. The number of rotatable bonds is 6. The number of nitrogens with one attached hydrogen (secondary N) is 1. The van der Waals surface area contributed by atoms with Gasteiger partial charge < -0.3 is 10.2 Å². The van der Waals surface area contributed by atoms with Gasteiger partial charge in [0.25, 0.3) is 0 Å². The zero-order valence-electron chi connectivity index (χ0n) is 12.7. The van der Waals surface area contributed by atoms with Gasteiger partial charge in [-0.2, -0.15) is 0 Å². The maximum Gasteiger partial charge on any atom is 0.0598 e. The van der Waals surface area contributed by atoms with E-state index in [1.165, 1.54) is 30.6 Å². The minimum absolute atomic E-state index is 0.147. The summed E-state index contributed by atoms with van der Waals surface area (Å²) in [7, 11) is 0. The van der Waals surface area contributed by atoms with Crippen LogP contribution in [0.15, 0.2) is 18.5 Å². The third-order valence-electron chi connectivity index (χ3n) is 3.59. The molecule has 2 rings (SSSR count). The van der Waals surface area contributed by atoms with E-state index in [4.69, 9.17) is 0 Å². The molecule has 1 N–H and O–H groups in total. The highest BCUT2D eigenvalue weighted by atomic mass is 15.1. The maximum absolute atomic E-state index is 4.32. The first-order chi connectivity index (χ1) is 8.99. The van der Waals surface area contributed by atoms with E-state index in [0.717, 1.165) is 19.0 Å². The van der Waals surface area contributed by atoms with E-state index in [1.54, 1.807) is 0 Å². The van der Waals surface area contributed by atoms with E-state index in [1.807, 2.05) is 12.4 Å². The number of aromatic nitrogens is 1. The van der Waals surface area contributed by atoms with Crippen molar-refractivity contribution in [3.8, 4) is 0 Å². The fraction of sp³-hybridized carbons (Fsp3) is 0.688. The van der Waals surface area contributed by atoms with Gasteiger partial charge in [-0.15, -0.1) is 0 Å². The zero-order valence-corrected chi connectivity index (χ0v) is 12.7. The molecule has 0 bridgehead atoms. The van der Waals surface area contributed by atoms with Crippen molar-refractivity contribution < 1.29 is 0 Å². The molecule has 0 unspecified atom stereocenters. The standard InChI is InChI=1S/C16H27N3/c1-5-19(12-13-6-7-13)15-11-17-9-8-14(15)10-18-16(2,3)4/h8-9,11,13,18H,5-7,10,12H2,1-4H3. The van der Waals surface area contributed by atoms with Crippen molar-refractivity contribution in [1.29, 1.82) is 0 Å². The minimum atomic E-state index is 0.147. The Morgan fingerprint density at radius 3 is 2.68 bits per heavy atom. The van der Waals surface area contributed by atoms with Crippen LogP contribution in [0, 0.1) is 5.92 Å². The quantitative estimate of drug-likeness (QED) is 0.852. The van der Waals surface area contributed by atoms with Gasteiger partial charge in [0, 0.05) is 31.4 Å². The molecule has 0 radical (unpaired) electrons. The van der Waals surface area contributed by atoms with E-state index >= 15 is 0 Å². The van der Waals surface area contributed by atoms with Crippen LogP contribution in [0.1, 0.15) is 46.1 Å². The number of anilines is 1. The minimum Gasteiger partial charge on any atom is -0.370 e. The van der Waals surface area contributed by atoms with Crippen LogP contribution in [0.3, 0.4) is 0 Å². The average molecular weight is 261 g/mol.